The van der Waals surface area contributed by atoms with E-state index < -0.39 is 0 Å². The molecule has 0 saturated carbocycles. The summed E-state index contributed by atoms with van der Waals surface area (Å²) in [5, 5.41) is 3.00. The molecule has 3 nitrogen and oxygen atoms in total. The highest BCUT2D eigenvalue weighted by Crippen LogP contribution is 2.28. The number of hydrogen-bond acceptors (Lipinski definition) is 3. The van der Waals surface area contributed by atoms with Crippen molar-refractivity contribution in [3.8, 4) is 0 Å². The average Bonchev–Trinajstić information content (AvgIpc) is 2.03. The third kappa shape index (κ3) is 1.86. The molecule has 0 radical (unpaired) electrons. The second-order valence-corrected chi connectivity index (χ2v) is 3.41. The maximum Gasteiger partial charge on any atom is 0.113 e. The Kier molecular flexibility index (Phi) is 2.66. The van der Waals surface area contributed by atoms with E-state index in [0.717, 1.165) is 16.8 Å². The van der Waals surface area contributed by atoms with Gasteiger partial charge in [-0.3, -0.25) is 0 Å². The van der Waals surface area contributed by atoms with Gasteiger partial charge in [-0.15, -0.1) is 4.91 Å². The Bertz CT molecular complexity index is 309. The first-order chi connectivity index (χ1) is 6.06. The van der Waals surface area contributed by atoms with Crippen molar-refractivity contribution >= 4 is 11.4 Å². The van der Waals surface area contributed by atoms with E-state index in [0.29, 0.717) is 5.69 Å². The second kappa shape index (κ2) is 3.56. The highest BCUT2D eigenvalue weighted by atomic mass is 16.3. The molecule has 70 valence electrons. The lowest BCUT2D eigenvalue weighted by Gasteiger charge is -2.14. The van der Waals surface area contributed by atoms with Crippen LogP contribution in [0.15, 0.2) is 17.3 Å². The Hall–Kier alpha value is -1.38. The molecule has 1 aromatic rings. The molecular formula is C10H14N2O. The number of nitrogens with zero attached hydrogens (tertiary/aromatic N) is 2. The van der Waals surface area contributed by atoms with Gasteiger partial charge in [0.15, 0.2) is 0 Å². The van der Waals surface area contributed by atoms with Crippen LogP contribution in [0.4, 0.5) is 11.4 Å². The van der Waals surface area contributed by atoms with E-state index in [1.807, 2.05) is 45.0 Å². The summed E-state index contributed by atoms with van der Waals surface area (Å²) in [4.78, 5) is 12.5. The molecular weight excluding hydrogens is 164 g/mol. The quantitative estimate of drug-likeness (QED) is 0.652. The topological polar surface area (TPSA) is 32.7 Å². The van der Waals surface area contributed by atoms with E-state index in [-0.39, 0.29) is 0 Å². The van der Waals surface area contributed by atoms with Gasteiger partial charge in [0.2, 0.25) is 0 Å². The minimum Gasteiger partial charge on any atom is -0.378 e. The van der Waals surface area contributed by atoms with Gasteiger partial charge in [0.25, 0.3) is 0 Å². The molecule has 1 aromatic carbocycles. The Morgan fingerprint density at radius 3 is 1.92 bits per heavy atom. The minimum atomic E-state index is 0.561. The van der Waals surface area contributed by atoms with Crippen LogP contribution in [0.2, 0.25) is 0 Å². The SMILES string of the molecule is Cc1cc(N(C)C)cc(C)c1N=O. The van der Waals surface area contributed by atoms with E-state index >= 15 is 0 Å². The second-order valence-electron chi connectivity index (χ2n) is 3.41. The van der Waals surface area contributed by atoms with E-state index in [1.165, 1.54) is 0 Å². The molecule has 0 amide bonds. The predicted molar refractivity (Wildman–Crippen MR) is 55.7 cm³/mol. The third-order valence-corrected chi connectivity index (χ3v) is 2.08. The van der Waals surface area contributed by atoms with E-state index in [4.69, 9.17) is 0 Å². The highest BCUT2D eigenvalue weighted by Gasteiger charge is 2.05. The van der Waals surface area contributed by atoms with Gasteiger partial charge in [-0.2, -0.15) is 0 Å². The van der Waals surface area contributed by atoms with Crippen molar-refractivity contribution in [2.45, 2.75) is 13.8 Å². The molecule has 0 saturated heterocycles. The van der Waals surface area contributed by atoms with Crippen LogP contribution in [0.5, 0.6) is 0 Å². The molecule has 13 heavy (non-hydrogen) atoms. The molecule has 0 aliphatic heterocycles. The Balaban J connectivity index is 3.28. The Morgan fingerprint density at radius 2 is 1.62 bits per heavy atom. The van der Waals surface area contributed by atoms with Crippen LogP contribution in [0.3, 0.4) is 0 Å². The van der Waals surface area contributed by atoms with Crippen molar-refractivity contribution in [3.63, 3.8) is 0 Å². The summed E-state index contributed by atoms with van der Waals surface area (Å²) in [6, 6.07) is 3.92. The summed E-state index contributed by atoms with van der Waals surface area (Å²) in [5.74, 6) is 0. The van der Waals surface area contributed by atoms with Crippen LogP contribution in [0, 0.1) is 18.8 Å². The molecule has 0 aliphatic rings. The van der Waals surface area contributed by atoms with Crippen LogP contribution in [0.25, 0.3) is 0 Å². The Morgan fingerprint density at radius 1 is 1.15 bits per heavy atom. The molecule has 1 rings (SSSR count). The molecule has 0 heterocycles. The molecule has 0 unspecified atom stereocenters. The van der Waals surface area contributed by atoms with Crippen LogP contribution >= 0.6 is 0 Å². The first-order valence-electron chi connectivity index (χ1n) is 4.18. The molecule has 3 heteroatoms. The third-order valence-electron chi connectivity index (χ3n) is 2.08. The fourth-order valence-corrected chi connectivity index (χ4v) is 1.34. The van der Waals surface area contributed by atoms with Crippen molar-refractivity contribution in [1.82, 2.24) is 0 Å². The smallest absolute Gasteiger partial charge is 0.113 e. The number of benzene rings is 1. The maximum atomic E-state index is 10.5. The summed E-state index contributed by atoms with van der Waals surface area (Å²) in [5.41, 5.74) is 3.52. The summed E-state index contributed by atoms with van der Waals surface area (Å²) < 4.78 is 0. The van der Waals surface area contributed by atoms with Gasteiger partial charge in [-0.05, 0) is 42.3 Å². The number of rotatable bonds is 2. The lowest BCUT2D eigenvalue weighted by Crippen LogP contribution is -2.08. The average molecular weight is 178 g/mol. The number of nitroso groups, excluding NO2 is 1. The maximum absolute atomic E-state index is 10.5. The van der Waals surface area contributed by atoms with Gasteiger partial charge >= 0.3 is 0 Å². The zero-order valence-electron chi connectivity index (χ0n) is 8.46. The van der Waals surface area contributed by atoms with Crippen molar-refractivity contribution in [2.24, 2.45) is 5.18 Å². The van der Waals surface area contributed by atoms with Gasteiger partial charge in [0.1, 0.15) is 5.69 Å². The predicted octanol–water partition coefficient (Wildman–Crippen LogP) is 2.77. The van der Waals surface area contributed by atoms with Crippen molar-refractivity contribution in [2.75, 3.05) is 19.0 Å². The van der Waals surface area contributed by atoms with Crippen LogP contribution in [0.1, 0.15) is 11.1 Å². The van der Waals surface area contributed by atoms with Gasteiger partial charge in [-0.1, -0.05) is 0 Å². The van der Waals surface area contributed by atoms with Crippen molar-refractivity contribution in [3.05, 3.63) is 28.2 Å². The molecule has 0 aliphatic carbocycles. The van der Waals surface area contributed by atoms with Gasteiger partial charge < -0.3 is 4.90 Å². The number of aryl methyl sites for hydroxylation is 2. The first-order valence-corrected chi connectivity index (χ1v) is 4.18. The summed E-state index contributed by atoms with van der Waals surface area (Å²) in [7, 11) is 3.95. The zero-order chi connectivity index (χ0) is 10.0. The van der Waals surface area contributed by atoms with Crippen molar-refractivity contribution in [1.29, 1.82) is 0 Å². The minimum absolute atomic E-state index is 0.561. The lowest BCUT2D eigenvalue weighted by molar-refractivity contribution is 1.12. The lowest BCUT2D eigenvalue weighted by atomic mass is 10.1. The molecule has 0 N–H and O–H groups in total. The molecule has 0 bridgehead atoms. The largest absolute Gasteiger partial charge is 0.378 e. The molecule has 0 aromatic heterocycles. The Labute approximate surface area is 78.3 Å². The first kappa shape index (κ1) is 9.71. The molecule has 0 spiro atoms. The van der Waals surface area contributed by atoms with Gasteiger partial charge in [-0.25, -0.2) is 0 Å². The summed E-state index contributed by atoms with van der Waals surface area (Å²) in [6.07, 6.45) is 0. The van der Waals surface area contributed by atoms with Crippen LogP contribution in [-0.4, -0.2) is 14.1 Å². The van der Waals surface area contributed by atoms with E-state index in [2.05, 4.69) is 5.18 Å². The normalized spacial score (nSPS) is 9.85. The fraction of sp³-hybridized carbons (Fsp3) is 0.400. The van der Waals surface area contributed by atoms with Crippen LogP contribution < -0.4 is 4.90 Å². The van der Waals surface area contributed by atoms with E-state index in [9.17, 15) is 4.91 Å². The van der Waals surface area contributed by atoms with Crippen LogP contribution in [-0.2, 0) is 0 Å². The van der Waals surface area contributed by atoms with Gasteiger partial charge in [0.05, 0.1) is 0 Å². The summed E-state index contributed by atoms with van der Waals surface area (Å²) in [6.45, 7) is 3.80. The molecule has 0 fully saturated rings. The standard InChI is InChI=1S/C10H14N2O/c1-7-5-9(12(3)4)6-8(2)10(7)11-13/h5-6H,1-4H3. The monoisotopic (exact) mass is 178 g/mol. The van der Waals surface area contributed by atoms with E-state index in [1.54, 1.807) is 0 Å². The molecule has 0 atom stereocenters. The van der Waals surface area contributed by atoms with Crippen molar-refractivity contribution < 1.29 is 0 Å². The highest BCUT2D eigenvalue weighted by molar-refractivity contribution is 5.61. The number of hydrogen-bond donors (Lipinski definition) is 0. The summed E-state index contributed by atoms with van der Waals surface area (Å²) >= 11 is 0. The zero-order valence-corrected chi connectivity index (χ0v) is 8.46. The number of anilines is 1. The van der Waals surface area contributed by atoms with Gasteiger partial charge in [0, 0.05) is 19.8 Å². The fourth-order valence-electron chi connectivity index (χ4n) is 1.34.